The van der Waals surface area contributed by atoms with Crippen molar-refractivity contribution < 1.29 is 23.9 Å². The smallest absolute Gasteiger partial charge is 0.262 e. The molecule has 4 rings (SSSR count). The van der Waals surface area contributed by atoms with Crippen molar-refractivity contribution in [2.24, 2.45) is 0 Å². The van der Waals surface area contributed by atoms with Crippen LogP contribution in [0.2, 0.25) is 0 Å². The molecule has 2 aromatic rings. The molecule has 0 aliphatic carbocycles. The first-order valence-electron chi connectivity index (χ1n) is 9.63. The number of nitrogens with one attached hydrogen (secondary N) is 2. The number of hydrogen-bond donors (Lipinski definition) is 2. The topological polar surface area (TPSA) is 110 Å². The van der Waals surface area contributed by atoms with Gasteiger partial charge in [0.25, 0.3) is 17.7 Å². The summed E-state index contributed by atoms with van der Waals surface area (Å²) in [5.74, 6) is 1.84. The van der Waals surface area contributed by atoms with Gasteiger partial charge in [0.2, 0.25) is 0 Å². The number of carbonyl (C=O) groups is 3. The van der Waals surface area contributed by atoms with Crippen LogP contribution in [0.3, 0.4) is 0 Å². The van der Waals surface area contributed by atoms with Gasteiger partial charge < -0.3 is 25.0 Å². The van der Waals surface area contributed by atoms with Crippen molar-refractivity contribution >= 4 is 40.6 Å². The van der Waals surface area contributed by atoms with Gasteiger partial charge in [0.05, 0.1) is 34.9 Å². The zero-order chi connectivity index (χ0) is 21.8. The van der Waals surface area contributed by atoms with Gasteiger partial charge in [-0.1, -0.05) is 5.92 Å². The number of amides is 3. The second-order valence-corrected chi connectivity index (χ2v) is 8.18. The van der Waals surface area contributed by atoms with Crippen LogP contribution in [0.5, 0.6) is 0 Å². The third kappa shape index (κ3) is 4.44. The lowest BCUT2D eigenvalue weighted by Crippen LogP contribution is -2.57. The Bertz CT molecular complexity index is 1040. The van der Waals surface area contributed by atoms with Gasteiger partial charge >= 0.3 is 0 Å². The maximum atomic E-state index is 13.0. The molecule has 10 heteroatoms. The number of terminal acetylenes is 1. The number of anilines is 2. The Morgan fingerprint density at radius 2 is 2.10 bits per heavy atom. The van der Waals surface area contributed by atoms with Gasteiger partial charge in [-0.15, -0.1) is 17.8 Å². The molecule has 2 aromatic heterocycles. The second-order valence-electron chi connectivity index (χ2n) is 7.10. The van der Waals surface area contributed by atoms with E-state index in [9.17, 15) is 14.4 Å². The number of hydrogen-bond acceptors (Lipinski definition) is 7. The lowest BCUT2D eigenvalue weighted by atomic mass is 9.97. The molecule has 2 aliphatic rings. The Morgan fingerprint density at radius 3 is 2.74 bits per heavy atom. The van der Waals surface area contributed by atoms with E-state index in [4.69, 9.17) is 15.9 Å². The van der Waals surface area contributed by atoms with Crippen molar-refractivity contribution in [1.29, 1.82) is 0 Å². The number of carbonyl (C=O) groups excluding carboxylic acids is 3. The number of aromatic nitrogens is 1. The highest BCUT2D eigenvalue weighted by Crippen LogP contribution is 2.24. The van der Waals surface area contributed by atoms with Crippen molar-refractivity contribution in [3.05, 3.63) is 40.2 Å². The average molecular weight is 440 g/mol. The predicted molar refractivity (Wildman–Crippen MR) is 114 cm³/mol. The molecule has 0 bridgehead atoms. The third-order valence-corrected chi connectivity index (χ3v) is 6.08. The molecule has 2 aliphatic heterocycles. The largest absolute Gasteiger partial charge is 0.378 e. The van der Waals surface area contributed by atoms with Crippen molar-refractivity contribution in [3.63, 3.8) is 0 Å². The SMILES string of the molecule is C#Cc1ccc(C(=O)NC2(C(=O)Nc3ccc(N4CCOCC4=O)cn3)CCOC2)s1. The maximum absolute atomic E-state index is 13.0. The number of nitrogens with zero attached hydrogens (tertiary/aromatic N) is 2. The molecule has 160 valence electrons. The van der Waals surface area contributed by atoms with Crippen LogP contribution in [0, 0.1) is 12.3 Å². The molecule has 3 amide bonds. The molecule has 2 saturated heterocycles. The fourth-order valence-corrected chi connectivity index (χ4v) is 4.07. The fraction of sp³-hybridized carbons (Fsp3) is 0.333. The molecular weight excluding hydrogens is 420 g/mol. The van der Waals surface area contributed by atoms with E-state index >= 15 is 0 Å². The number of thiophene rings is 1. The lowest BCUT2D eigenvalue weighted by molar-refractivity contribution is -0.125. The molecule has 0 radical (unpaired) electrons. The van der Waals surface area contributed by atoms with Crippen molar-refractivity contribution in [2.45, 2.75) is 12.0 Å². The molecular formula is C21H20N4O5S. The van der Waals surface area contributed by atoms with E-state index in [1.807, 2.05) is 0 Å². The average Bonchev–Trinajstić information content (AvgIpc) is 3.45. The van der Waals surface area contributed by atoms with Gasteiger partial charge in [-0.25, -0.2) is 4.98 Å². The molecule has 4 heterocycles. The number of pyridine rings is 1. The summed E-state index contributed by atoms with van der Waals surface area (Å²) in [6.07, 6.45) is 7.21. The van der Waals surface area contributed by atoms with Crippen LogP contribution in [0.4, 0.5) is 11.5 Å². The summed E-state index contributed by atoms with van der Waals surface area (Å²) >= 11 is 1.18. The van der Waals surface area contributed by atoms with Gasteiger partial charge in [0.1, 0.15) is 18.0 Å². The molecule has 1 unspecified atom stereocenters. The van der Waals surface area contributed by atoms with Crippen LogP contribution in [-0.2, 0) is 19.1 Å². The van der Waals surface area contributed by atoms with E-state index in [0.717, 1.165) is 0 Å². The van der Waals surface area contributed by atoms with Crippen molar-refractivity contribution in [2.75, 3.05) is 43.2 Å². The molecule has 2 N–H and O–H groups in total. The molecule has 31 heavy (non-hydrogen) atoms. The maximum Gasteiger partial charge on any atom is 0.262 e. The van der Waals surface area contributed by atoms with Crippen LogP contribution in [-0.4, -0.2) is 61.2 Å². The van der Waals surface area contributed by atoms with Crippen LogP contribution in [0.25, 0.3) is 0 Å². The van der Waals surface area contributed by atoms with Crippen molar-refractivity contribution in [3.8, 4) is 12.3 Å². The van der Waals surface area contributed by atoms with Crippen LogP contribution in [0.15, 0.2) is 30.5 Å². The van der Waals surface area contributed by atoms with Gasteiger partial charge in [0, 0.05) is 19.6 Å². The highest BCUT2D eigenvalue weighted by atomic mass is 32.1. The summed E-state index contributed by atoms with van der Waals surface area (Å²) < 4.78 is 10.5. The first kappa shape index (κ1) is 21.0. The summed E-state index contributed by atoms with van der Waals surface area (Å²) in [5, 5.41) is 5.54. The zero-order valence-corrected chi connectivity index (χ0v) is 17.4. The monoisotopic (exact) mass is 440 g/mol. The van der Waals surface area contributed by atoms with E-state index in [-0.39, 0.29) is 25.0 Å². The van der Waals surface area contributed by atoms with E-state index in [0.29, 0.717) is 47.4 Å². The van der Waals surface area contributed by atoms with Gasteiger partial charge in [-0.3, -0.25) is 14.4 Å². The van der Waals surface area contributed by atoms with Gasteiger partial charge in [-0.05, 0) is 24.3 Å². The first-order chi connectivity index (χ1) is 15.0. The summed E-state index contributed by atoms with van der Waals surface area (Å²) in [6.45, 7) is 1.34. The molecule has 0 saturated carbocycles. The first-order valence-corrected chi connectivity index (χ1v) is 10.4. The zero-order valence-electron chi connectivity index (χ0n) is 16.6. The molecule has 0 spiro atoms. The van der Waals surface area contributed by atoms with E-state index in [1.54, 1.807) is 29.2 Å². The highest BCUT2D eigenvalue weighted by Gasteiger charge is 2.44. The molecule has 0 aromatic carbocycles. The van der Waals surface area contributed by atoms with Crippen LogP contribution < -0.4 is 15.5 Å². The minimum atomic E-state index is -1.21. The summed E-state index contributed by atoms with van der Waals surface area (Å²) in [6, 6.07) is 6.63. The second kappa shape index (κ2) is 8.85. The number of rotatable bonds is 5. The quantitative estimate of drug-likeness (QED) is 0.672. The minimum Gasteiger partial charge on any atom is -0.378 e. The van der Waals surface area contributed by atoms with Crippen LogP contribution >= 0.6 is 11.3 Å². The van der Waals surface area contributed by atoms with Gasteiger partial charge in [-0.2, -0.15) is 0 Å². The minimum absolute atomic E-state index is 0.0355. The Hall–Kier alpha value is -3.26. The normalized spacial score (nSPS) is 20.9. The predicted octanol–water partition coefficient (Wildman–Crippen LogP) is 1.02. The van der Waals surface area contributed by atoms with E-state index < -0.39 is 11.4 Å². The summed E-state index contributed by atoms with van der Waals surface area (Å²) in [5.41, 5.74) is -0.585. The lowest BCUT2D eigenvalue weighted by Gasteiger charge is -2.28. The summed E-state index contributed by atoms with van der Waals surface area (Å²) in [7, 11) is 0. The Balaban J connectivity index is 1.45. The molecule has 2 fully saturated rings. The van der Waals surface area contributed by atoms with Crippen molar-refractivity contribution in [1.82, 2.24) is 10.3 Å². The van der Waals surface area contributed by atoms with Gasteiger partial charge in [0.15, 0.2) is 0 Å². The Kier molecular flexibility index (Phi) is 5.99. The standard InChI is InChI=1S/C21H20N4O5S/c1-2-15-4-5-16(31-15)19(27)24-21(7-9-30-13-21)20(28)23-17-6-3-14(11-22-17)25-8-10-29-12-18(25)26/h1,3-6,11H,7-10,12-13H2,(H,24,27)(H,22,23,28). The van der Waals surface area contributed by atoms with Crippen LogP contribution in [0.1, 0.15) is 21.0 Å². The van der Waals surface area contributed by atoms with E-state index in [2.05, 4.69) is 21.5 Å². The Labute approximate surface area is 182 Å². The van der Waals surface area contributed by atoms with E-state index in [1.165, 1.54) is 17.5 Å². The number of morpholine rings is 1. The highest BCUT2D eigenvalue weighted by molar-refractivity contribution is 7.14. The molecule has 9 nitrogen and oxygen atoms in total. The number of ether oxygens (including phenoxy) is 2. The fourth-order valence-electron chi connectivity index (χ4n) is 3.36. The third-order valence-electron chi connectivity index (χ3n) is 5.07. The summed E-state index contributed by atoms with van der Waals surface area (Å²) in [4.78, 5) is 44.6. The Morgan fingerprint density at radius 1 is 1.23 bits per heavy atom. The molecule has 1 atom stereocenters.